The largest absolute Gasteiger partial charge is 0.508 e. The molecule has 0 spiro atoms. The maximum Gasteiger partial charge on any atom is 0.164 e. The second-order valence-electron chi connectivity index (χ2n) is 8.08. The summed E-state index contributed by atoms with van der Waals surface area (Å²) in [5, 5.41) is 40.1. The Morgan fingerprint density at radius 1 is 0.714 bits per heavy atom. The van der Waals surface area contributed by atoms with Crippen molar-refractivity contribution in [1.82, 2.24) is 0 Å². The highest BCUT2D eigenvalue weighted by molar-refractivity contribution is 5.78. The topological polar surface area (TPSA) is 142 Å². The molecule has 0 amide bonds. The maximum atomic E-state index is 10.3. The summed E-state index contributed by atoms with van der Waals surface area (Å²) in [5.41, 5.74) is 16.8. The quantitative estimate of drug-likeness (QED) is 0.245. The predicted molar refractivity (Wildman–Crippen MR) is 140 cm³/mol. The Morgan fingerprint density at radius 2 is 1.26 bits per heavy atom. The van der Waals surface area contributed by atoms with E-state index in [4.69, 9.17) is 16.2 Å². The maximum absolute atomic E-state index is 10.3. The molecule has 3 aromatic carbocycles. The van der Waals surface area contributed by atoms with E-state index >= 15 is 0 Å². The number of aliphatic hydroxyl groups excluding tert-OH is 1. The lowest BCUT2D eigenvalue weighted by atomic mass is 9.96. The minimum Gasteiger partial charge on any atom is -0.508 e. The molecule has 0 bridgehead atoms. The Hall–Kier alpha value is -3.78. The van der Waals surface area contributed by atoms with Gasteiger partial charge in [-0.25, -0.2) is 0 Å². The molecule has 0 aliphatic heterocycles. The molecule has 7 nitrogen and oxygen atoms in total. The predicted octanol–water partition coefficient (Wildman–Crippen LogP) is 3.65. The van der Waals surface area contributed by atoms with Gasteiger partial charge in [-0.2, -0.15) is 0 Å². The summed E-state index contributed by atoms with van der Waals surface area (Å²) in [7, 11) is 1.51. The monoisotopic (exact) mass is 476 g/mol. The molecule has 0 unspecified atom stereocenters. The molecule has 0 radical (unpaired) electrons. The first-order chi connectivity index (χ1) is 16.9. The molecule has 0 fully saturated rings. The van der Waals surface area contributed by atoms with Crippen LogP contribution < -0.4 is 16.2 Å². The average Bonchev–Trinajstić information content (AvgIpc) is 2.83. The van der Waals surface area contributed by atoms with Gasteiger partial charge in [-0.3, -0.25) is 0 Å². The number of rotatable bonds is 10. The van der Waals surface area contributed by atoms with Crippen LogP contribution in [0.2, 0.25) is 0 Å². The van der Waals surface area contributed by atoms with Crippen LogP contribution in [0.5, 0.6) is 23.0 Å². The van der Waals surface area contributed by atoms with Crippen LogP contribution in [0, 0.1) is 0 Å². The van der Waals surface area contributed by atoms with Gasteiger partial charge in [0.2, 0.25) is 0 Å². The van der Waals surface area contributed by atoms with Gasteiger partial charge in [0.25, 0.3) is 0 Å². The van der Waals surface area contributed by atoms with Gasteiger partial charge in [0.05, 0.1) is 13.7 Å². The Labute approximate surface area is 205 Å². The van der Waals surface area contributed by atoms with E-state index in [2.05, 4.69) is 0 Å². The summed E-state index contributed by atoms with van der Waals surface area (Å²) in [6.07, 6.45) is 8.54. The number of ether oxygens (including phenoxy) is 1. The summed E-state index contributed by atoms with van der Waals surface area (Å²) >= 11 is 0. The third-order valence-electron chi connectivity index (χ3n) is 5.74. The van der Waals surface area contributed by atoms with Gasteiger partial charge in [-0.1, -0.05) is 36.4 Å². The van der Waals surface area contributed by atoms with Crippen molar-refractivity contribution in [3.05, 3.63) is 81.4 Å². The molecule has 7 heteroatoms. The third-order valence-corrected chi connectivity index (χ3v) is 5.74. The number of benzene rings is 3. The lowest BCUT2D eigenvalue weighted by Gasteiger charge is -2.13. The van der Waals surface area contributed by atoms with Gasteiger partial charge in [-0.05, 0) is 84.1 Å². The van der Waals surface area contributed by atoms with Crippen molar-refractivity contribution < 1.29 is 25.2 Å². The number of phenols is 3. The van der Waals surface area contributed by atoms with Crippen LogP contribution in [0.4, 0.5) is 0 Å². The lowest BCUT2D eigenvalue weighted by molar-refractivity contribution is 0.274. The minimum absolute atomic E-state index is 0.0396. The molecule has 3 rings (SSSR count). The van der Waals surface area contributed by atoms with Crippen molar-refractivity contribution in [2.24, 2.45) is 11.5 Å². The first-order valence-corrected chi connectivity index (χ1v) is 11.4. The fraction of sp³-hybridized carbons (Fsp3) is 0.214. The van der Waals surface area contributed by atoms with Crippen molar-refractivity contribution in [1.29, 1.82) is 0 Å². The Balaban J connectivity index is 1.94. The van der Waals surface area contributed by atoms with Gasteiger partial charge >= 0.3 is 0 Å². The van der Waals surface area contributed by atoms with Crippen LogP contribution in [-0.4, -0.2) is 40.6 Å². The third kappa shape index (κ3) is 6.22. The number of hydrogen-bond acceptors (Lipinski definition) is 7. The van der Waals surface area contributed by atoms with Gasteiger partial charge < -0.3 is 36.6 Å². The zero-order valence-electron chi connectivity index (χ0n) is 19.7. The molecule has 0 atom stereocenters. The molecule has 0 aliphatic rings. The highest BCUT2D eigenvalue weighted by Crippen LogP contribution is 2.34. The molecule has 0 saturated carbocycles. The van der Waals surface area contributed by atoms with Crippen molar-refractivity contribution in [3.8, 4) is 23.0 Å². The molecule has 0 aromatic heterocycles. The van der Waals surface area contributed by atoms with E-state index in [1.165, 1.54) is 7.11 Å². The van der Waals surface area contributed by atoms with Crippen molar-refractivity contribution >= 4 is 24.3 Å². The molecule has 8 N–H and O–H groups in total. The number of nitrogens with two attached hydrogens (primary N) is 2. The average molecular weight is 477 g/mol. The molecule has 184 valence electrons. The van der Waals surface area contributed by atoms with Crippen molar-refractivity contribution in [2.45, 2.75) is 19.4 Å². The molecule has 0 heterocycles. The lowest BCUT2D eigenvalue weighted by Crippen LogP contribution is -2.07. The fourth-order valence-electron chi connectivity index (χ4n) is 4.11. The number of methoxy groups -OCH3 is 1. The number of aromatic hydroxyl groups is 3. The fourth-order valence-corrected chi connectivity index (χ4v) is 4.11. The summed E-state index contributed by atoms with van der Waals surface area (Å²) in [4.78, 5) is 0. The first-order valence-electron chi connectivity index (χ1n) is 11.4. The summed E-state index contributed by atoms with van der Waals surface area (Å²) < 4.78 is 5.36. The number of hydrogen-bond donors (Lipinski definition) is 6. The van der Waals surface area contributed by atoms with Crippen molar-refractivity contribution in [3.63, 3.8) is 0 Å². The molecule has 35 heavy (non-hydrogen) atoms. The molecule has 0 saturated heterocycles. The summed E-state index contributed by atoms with van der Waals surface area (Å²) in [5.74, 6) is 0.617. The van der Waals surface area contributed by atoms with Crippen LogP contribution in [0.25, 0.3) is 24.3 Å². The molecular formula is C28H32N2O5. The second-order valence-corrected chi connectivity index (χ2v) is 8.08. The number of aliphatic hydroxyl groups is 1. The van der Waals surface area contributed by atoms with E-state index in [0.717, 1.165) is 33.4 Å². The van der Waals surface area contributed by atoms with E-state index in [-0.39, 0.29) is 23.9 Å². The molecule has 3 aromatic rings. The van der Waals surface area contributed by atoms with Gasteiger partial charge in [0, 0.05) is 11.1 Å². The Morgan fingerprint density at radius 3 is 1.80 bits per heavy atom. The van der Waals surface area contributed by atoms with Gasteiger partial charge in [0.1, 0.15) is 11.5 Å². The van der Waals surface area contributed by atoms with Crippen molar-refractivity contribution in [2.75, 3.05) is 20.2 Å². The minimum atomic E-state index is -0.280. The van der Waals surface area contributed by atoms with E-state index in [1.54, 1.807) is 36.4 Å². The first kappa shape index (κ1) is 25.8. The second kappa shape index (κ2) is 12.1. The summed E-state index contributed by atoms with van der Waals surface area (Å²) in [6.45, 7) is 0.508. The number of phenolic OH excluding ortho intramolecular Hbond substituents is 2. The van der Waals surface area contributed by atoms with Gasteiger partial charge in [-0.15, -0.1) is 0 Å². The Bertz CT molecular complexity index is 1140. The van der Waals surface area contributed by atoms with Crippen LogP contribution in [0.3, 0.4) is 0 Å². The zero-order chi connectivity index (χ0) is 25.4. The van der Waals surface area contributed by atoms with Crippen LogP contribution in [-0.2, 0) is 19.4 Å². The van der Waals surface area contributed by atoms with Crippen LogP contribution in [0.15, 0.2) is 42.5 Å². The van der Waals surface area contributed by atoms with E-state index in [1.807, 2.05) is 30.4 Å². The molecular weight excluding hydrogens is 444 g/mol. The normalized spacial score (nSPS) is 11.5. The standard InChI is InChI=1S/C28H32N2O5/c1-35-28-24(11-13-30)21(7-9-27(28)34)5-3-19-14-18(15-22(32)16-19)2-4-20-6-8-26(33)25(17-31)23(20)10-12-29/h2-9,14-16,31-34H,10-13,17,29-30H2,1H3/b4-2+,5-3+. The smallest absolute Gasteiger partial charge is 0.164 e. The van der Waals surface area contributed by atoms with Crippen LogP contribution >= 0.6 is 0 Å². The summed E-state index contributed by atoms with van der Waals surface area (Å²) in [6, 6.07) is 11.9. The van der Waals surface area contributed by atoms with Gasteiger partial charge in [0.15, 0.2) is 11.5 Å². The van der Waals surface area contributed by atoms with E-state index in [9.17, 15) is 20.4 Å². The van der Waals surface area contributed by atoms with E-state index < -0.39 is 0 Å². The Kier molecular flexibility index (Phi) is 8.92. The molecule has 0 aliphatic carbocycles. The zero-order valence-corrected chi connectivity index (χ0v) is 19.7. The van der Waals surface area contributed by atoms with Crippen LogP contribution in [0.1, 0.15) is 38.9 Å². The highest BCUT2D eigenvalue weighted by atomic mass is 16.5. The van der Waals surface area contributed by atoms with E-state index in [0.29, 0.717) is 37.2 Å². The highest BCUT2D eigenvalue weighted by Gasteiger charge is 2.12. The SMILES string of the molecule is COc1c(O)ccc(/C=C/c2cc(O)cc(/C=C/c3ccc(O)c(CO)c3CCN)c2)c1CCN.